The van der Waals surface area contributed by atoms with Crippen molar-refractivity contribution in [1.29, 1.82) is 0 Å². The number of carbonyl (C=O) groups excluding carboxylic acids is 2. The maximum atomic E-state index is 12.7. The van der Waals surface area contributed by atoms with E-state index in [2.05, 4.69) is 4.99 Å². The van der Waals surface area contributed by atoms with E-state index >= 15 is 0 Å². The van der Waals surface area contributed by atoms with Crippen LogP contribution in [0.3, 0.4) is 0 Å². The van der Waals surface area contributed by atoms with Gasteiger partial charge in [-0.25, -0.2) is 4.79 Å². The van der Waals surface area contributed by atoms with Crippen molar-refractivity contribution in [2.75, 3.05) is 6.54 Å². The molecule has 0 aromatic heterocycles. The highest BCUT2D eigenvalue weighted by molar-refractivity contribution is 6.31. The lowest BCUT2D eigenvalue weighted by atomic mass is 10.1. The van der Waals surface area contributed by atoms with E-state index in [1.807, 2.05) is 49.4 Å². The second kappa shape index (κ2) is 11.4. The number of carbonyl (C=O) groups is 2. The molecule has 0 aliphatic carbocycles. The Morgan fingerprint density at radius 2 is 1.70 bits per heavy atom. The van der Waals surface area contributed by atoms with Crippen LogP contribution in [0.15, 0.2) is 71.7 Å². The number of nitrogens with zero attached hydrogens (tertiary/aromatic N) is 1. The van der Waals surface area contributed by atoms with Gasteiger partial charge >= 0.3 is 11.9 Å². The van der Waals surface area contributed by atoms with Crippen molar-refractivity contribution in [3.63, 3.8) is 0 Å². The minimum atomic E-state index is -0.578. The summed E-state index contributed by atoms with van der Waals surface area (Å²) in [6, 6.07) is 20.1. The van der Waals surface area contributed by atoms with Gasteiger partial charge in [-0.2, -0.15) is 0 Å². The molecule has 0 radical (unpaired) electrons. The SMILES string of the molecule is Cc1ccc(C(=O)Oc2cc(Cl)cc(C=NCCc3ccccc3)c2OC(=O)C(C)C)cc1. The summed E-state index contributed by atoms with van der Waals surface area (Å²) < 4.78 is 11.2. The second-order valence-corrected chi connectivity index (χ2v) is 8.36. The van der Waals surface area contributed by atoms with Crippen LogP contribution in [0.5, 0.6) is 11.5 Å². The summed E-state index contributed by atoms with van der Waals surface area (Å²) in [4.78, 5) is 29.5. The Balaban J connectivity index is 1.88. The van der Waals surface area contributed by atoms with Gasteiger partial charge in [-0.05, 0) is 37.1 Å². The number of benzene rings is 3. The van der Waals surface area contributed by atoms with Crippen LogP contribution in [0.2, 0.25) is 5.02 Å². The Labute approximate surface area is 199 Å². The summed E-state index contributed by atoms with van der Waals surface area (Å²) >= 11 is 6.29. The second-order valence-electron chi connectivity index (χ2n) is 7.92. The van der Waals surface area contributed by atoms with Crippen LogP contribution in [0.1, 0.15) is 40.9 Å². The number of esters is 2. The van der Waals surface area contributed by atoms with E-state index < -0.39 is 11.9 Å². The number of rotatable bonds is 8. The molecular formula is C27H26ClNO4. The molecule has 0 unspecified atom stereocenters. The summed E-state index contributed by atoms with van der Waals surface area (Å²) in [7, 11) is 0. The Kier molecular flexibility index (Phi) is 8.39. The smallest absolute Gasteiger partial charge is 0.343 e. The van der Waals surface area contributed by atoms with E-state index in [0.717, 1.165) is 12.0 Å². The van der Waals surface area contributed by atoms with Crippen molar-refractivity contribution >= 4 is 29.8 Å². The maximum Gasteiger partial charge on any atom is 0.343 e. The zero-order chi connectivity index (χ0) is 23.8. The average molecular weight is 464 g/mol. The first-order valence-corrected chi connectivity index (χ1v) is 11.1. The standard InChI is InChI=1S/C27H26ClNO4/c1-18(2)26(30)33-25-22(17-29-14-13-20-7-5-4-6-8-20)15-23(28)16-24(25)32-27(31)21-11-9-19(3)10-12-21/h4-12,15-18H,13-14H2,1-3H3. The predicted molar refractivity (Wildman–Crippen MR) is 131 cm³/mol. The van der Waals surface area contributed by atoms with Gasteiger partial charge in [0.25, 0.3) is 0 Å². The van der Waals surface area contributed by atoms with Gasteiger partial charge in [-0.15, -0.1) is 0 Å². The monoisotopic (exact) mass is 463 g/mol. The Morgan fingerprint density at radius 1 is 1.00 bits per heavy atom. The van der Waals surface area contributed by atoms with Gasteiger partial charge in [0.15, 0.2) is 11.5 Å². The maximum absolute atomic E-state index is 12.7. The molecular weight excluding hydrogens is 438 g/mol. The Bertz CT molecular complexity index is 1140. The van der Waals surface area contributed by atoms with E-state index in [4.69, 9.17) is 21.1 Å². The van der Waals surface area contributed by atoms with Crippen LogP contribution in [0, 0.1) is 12.8 Å². The Morgan fingerprint density at radius 3 is 2.36 bits per heavy atom. The highest BCUT2D eigenvalue weighted by atomic mass is 35.5. The van der Waals surface area contributed by atoms with Crippen LogP contribution < -0.4 is 9.47 Å². The number of aryl methyl sites for hydroxylation is 1. The molecule has 0 saturated heterocycles. The molecule has 3 aromatic rings. The van der Waals surface area contributed by atoms with E-state index in [1.165, 1.54) is 11.6 Å². The van der Waals surface area contributed by atoms with Crippen molar-refractivity contribution in [2.45, 2.75) is 27.2 Å². The fourth-order valence-electron chi connectivity index (χ4n) is 2.94. The third-order valence-electron chi connectivity index (χ3n) is 4.82. The van der Waals surface area contributed by atoms with Crippen LogP contribution in [0.4, 0.5) is 0 Å². The predicted octanol–water partition coefficient (Wildman–Crippen LogP) is 6.09. The van der Waals surface area contributed by atoms with Crippen molar-refractivity contribution in [2.24, 2.45) is 10.9 Å². The molecule has 5 nitrogen and oxygen atoms in total. The summed E-state index contributed by atoms with van der Waals surface area (Å²) in [5, 5.41) is 0.329. The van der Waals surface area contributed by atoms with E-state index in [1.54, 1.807) is 38.3 Å². The first-order chi connectivity index (χ1) is 15.8. The molecule has 33 heavy (non-hydrogen) atoms. The molecule has 0 aliphatic heterocycles. The van der Waals surface area contributed by atoms with Crippen molar-refractivity contribution in [1.82, 2.24) is 0 Å². The van der Waals surface area contributed by atoms with Gasteiger partial charge in [-0.1, -0.05) is 73.5 Å². The number of hydrogen-bond donors (Lipinski definition) is 0. The summed E-state index contributed by atoms with van der Waals surface area (Å²) in [6.07, 6.45) is 2.34. The van der Waals surface area contributed by atoms with Gasteiger partial charge in [0, 0.05) is 29.4 Å². The van der Waals surface area contributed by atoms with Crippen LogP contribution in [0.25, 0.3) is 0 Å². The molecule has 0 spiro atoms. The third kappa shape index (κ3) is 7.02. The molecule has 3 rings (SSSR count). The van der Waals surface area contributed by atoms with E-state index in [0.29, 0.717) is 22.7 Å². The minimum Gasteiger partial charge on any atom is -0.422 e. The quantitative estimate of drug-likeness (QED) is 0.230. The molecule has 3 aromatic carbocycles. The highest BCUT2D eigenvalue weighted by Crippen LogP contribution is 2.35. The molecule has 6 heteroatoms. The minimum absolute atomic E-state index is 0.0617. The summed E-state index contributed by atoms with van der Waals surface area (Å²) in [5.41, 5.74) is 3.02. The number of aliphatic imine (C=N–C) groups is 1. The van der Waals surface area contributed by atoms with Gasteiger partial charge in [0.1, 0.15) is 0 Å². The average Bonchev–Trinajstić information content (AvgIpc) is 2.79. The van der Waals surface area contributed by atoms with Crippen LogP contribution >= 0.6 is 11.6 Å². The third-order valence-corrected chi connectivity index (χ3v) is 5.03. The molecule has 0 saturated carbocycles. The zero-order valence-corrected chi connectivity index (χ0v) is 19.6. The van der Waals surface area contributed by atoms with Gasteiger partial charge in [-0.3, -0.25) is 9.79 Å². The number of hydrogen-bond acceptors (Lipinski definition) is 5. The zero-order valence-electron chi connectivity index (χ0n) is 18.9. The molecule has 0 heterocycles. The Hall–Kier alpha value is -3.44. The van der Waals surface area contributed by atoms with E-state index in [-0.39, 0.29) is 17.4 Å². The van der Waals surface area contributed by atoms with Crippen LogP contribution in [-0.2, 0) is 11.2 Å². The topological polar surface area (TPSA) is 65.0 Å². The largest absolute Gasteiger partial charge is 0.422 e. The summed E-state index contributed by atoms with van der Waals surface area (Å²) in [5.74, 6) is -1.23. The van der Waals surface area contributed by atoms with Crippen molar-refractivity contribution < 1.29 is 19.1 Å². The first kappa shape index (κ1) is 24.2. The molecule has 0 atom stereocenters. The molecule has 0 bridgehead atoms. The lowest BCUT2D eigenvalue weighted by Gasteiger charge is -2.15. The number of halogens is 1. The molecule has 0 amide bonds. The van der Waals surface area contributed by atoms with Crippen LogP contribution in [-0.4, -0.2) is 24.7 Å². The molecule has 0 fully saturated rings. The first-order valence-electron chi connectivity index (χ1n) is 10.7. The summed E-state index contributed by atoms with van der Waals surface area (Å²) in [6.45, 7) is 5.92. The highest BCUT2D eigenvalue weighted by Gasteiger charge is 2.21. The van der Waals surface area contributed by atoms with Crippen molar-refractivity contribution in [3.8, 4) is 11.5 Å². The van der Waals surface area contributed by atoms with Crippen molar-refractivity contribution in [3.05, 3.63) is 94.0 Å². The lowest BCUT2D eigenvalue weighted by Crippen LogP contribution is -2.17. The molecule has 0 aliphatic rings. The van der Waals surface area contributed by atoms with E-state index in [9.17, 15) is 9.59 Å². The normalized spacial score (nSPS) is 11.1. The van der Waals surface area contributed by atoms with Gasteiger partial charge in [0.05, 0.1) is 11.5 Å². The fraction of sp³-hybridized carbons (Fsp3) is 0.222. The van der Waals surface area contributed by atoms with Gasteiger partial charge in [0.2, 0.25) is 0 Å². The lowest BCUT2D eigenvalue weighted by molar-refractivity contribution is -0.137. The molecule has 170 valence electrons. The number of ether oxygens (including phenoxy) is 2. The fourth-order valence-corrected chi connectivity index (χ4v) is 3.15. The van der Waals surface area contributed by atoms with Gasteiger partial charge < -0.3 is 9.47 Å². The molecule has 0 N–H and O–H groups in total.